The maximum Gasteiger partial charge on any atom is 0.352 e. The van der Waals surface area contributed by atoms with Crippen LogP contribution in [-0.4, -0.2) is 23.1 Å². The largest absolute Gasteiger partial charge is 0.508 e. The van der Waals surface area contributed by atoms with E-state index in [4.69, 9.17) is 9.47 Å². The molecule has 0 saturated heterocycles. The number of aromatic hydroxyl groups is 1. The molecule has 1 unspecified atom stereocenters. The highest BCUT2D eigenvalue weighted by atomic mass is 16.6. The third kappa shape index (κ3) is 3.93. The molecule has 0 heterocycles. The van der Waals surface area contributed by atoms with E-state index in [0.717, 1.165) is 0 Å². The molecule has 0 radical (unpaired) electrons. The molecule has 0 aliphatic rings. The summed E-state index contributed by atoms with van der Waals surface area (Å²) in [6.45, 7) is 6.28. The summed E-state index contributed by atoms with van der Waals surface area (Å²) in [5, 5.41) is 9.19. The number of benzene rings is 1. The minimum atomic E-state index is -1.04. The van der Waals surface area contributed by atoms with E-state index in [9.17, 15) is 14.7 Å². The average molecular weight is 250 g/mol. The number of phenolic OH excluding ortho intramolecular Hbond substituents is 1. The standard InChI is InChI=1S/C13H14O5/c1-8(2)12(15)17-9(3)13(16)18-11-6-4-5-10(14)7-11/h4-7,9,14H,1H2,2-3H3. The van der Waals surface area contributed by atoms with E-state index < -0.39 is 18.0 Å². The fraction of sp³-hybridized carbons (Fsp3) is 0.231. The second kappa shape index (κ2) is 5.86. The van der Waals surface area contributed by atoms with Crippen molar-refractivity contribution in [3.05, 3.63) is 36.4 Å². The Kier molecular flexibility index (Phi) is 4.48. The van der Waals surface area contributed by atoms with Crippen molar-refractivity contribution in [2.24, 2.45) is 0 Å². The first kappa shape index (κ1) is 13.8. The maximum absolute atomic E-state index is 11.6. The van der Waals surface area contributed by atoms with Crippen molar-refractivity contribution < 1.29 is 24.2 Å². The molecule has 1 atom stereocenters. The van der Waals surface area contributed by atoms with Gasteiger partial charge in [-0.15, -0.1) is 0 Å². The zero-order valence-electron chi connectivity index (χ0n) is 10.2. The fourth-order valence-corrected chi connectivity index (χ4v) is 1.06. The van der Waals surface area contributed by atoms with Crippen molar-refractivity contribution in [2.75, 3.05) is 0 Å². The van der Waals surface area contributed by atoms with Gasteiger partial charge in [0, 0.05) is 11.6 Å². The highest BCUT2D eigenvalue weighted by Gasteiger charge is 2.20. The zero-order valence-corrected chi connectivity index (χ0v) is 10.2. The third-order valence-corrected chi connectivity index (χ3v) is 2.00. The molecule has 18 heavy (non-hydrogen) atoms. The van der Waals surface area contributed by atoms with Gasteiger partial charge in [0.1, 0.15) is 11.5 Å². The Morgan fingerprint density at radius 2 is 2.06 bits per heavy atom. The van der Waals surface area contributed by atoms with Gasteiger partial charge in [0.15, 0.2) is 6.10 Å². The van der Waals surface area contributed by atoms with E-state index in [-0.39, 0.29) is 17.1 Å². The van der Waals surface area contributed by atoms with E-state index in [1.807, 2.05) is 0 Å². The molecular weight excluding hydrogens is 236 g/mol. The molecular formula is C13H14O5. The van der Waals surface area contributed by atoms with Crippen LogP contribution in [0.1, 0.15) is 13.8 Å². The van der Waals surface area contributed by atoms with E-state index in [2.05, 4.69) is 6.58 Å². The monoisotopic (exact) mass is 250 g/mol. The summed E-state index contributed by atoms with van der Waals surface area (Å²) in [6.07, 6.45) is -1.04. The maximum atomic E-state index is 11.6. The zero-order chi connectivity index (χ0) is 13.7. The molecule has 0 bridgehead atoms. The van der Waals surface area contributed by atoms with Crippen LogP contribution in [0.5, 0.6) is 11.5 Å². The number of carbonyl (C=O) groups is 2. The average Bonchev–Trinajstić information content (AvgIpc) is 2.28. The van der Waals surface area contributed by atoms with Crippen LogP contribution in [-0.2, 0) is 14.3 Å². The van der Waals surface area contributed by atoms with Crippen molar-refractivity contribution >= 4 is 11.9 Å². The normalized spacial score (nSPS) is 11.4. The Morgan fingerprint density at radius 1 is 1.39 bits per heavy atom. The van der Waals surface area contributed by atoms with Crippen molar-refractivity contribution in [1.82, 2.24) is 0 Å². The summed E-state index contributed by atoms with van der Waals surface area (Å²) in [6, 6.07) is 5.76. The predicted octanol–water partition coefficient (Wildman–Crippen LogP) is 1.81. The molecule has 5 heteroatoms. The number of hydrogen-bond donors (Lipinski definition) is 1. The summed E-state index contributed by atoms with van der Waals surface area (Å²) in [5.74, 6) is -1.23. The van der Waals surface area contributed by atoms with Gasteiger partial charge in [0.2, 0.25) is 0 Å². The van der Waals surface area contributed by atoms with Crippen LogP contribution in [0, 0.1) is 0 Å². The van der Waals surface area contributed by atoms with Gasteiger partial charge in [-0.25, -0.2) is 9.59 Å². The van der Waals surface area contributed by atoms with Crippen molar-refractivity contribution in [2.45, 2.75) is 20.0 Å². The molecule has 1 N–H and O–H groups in total. The number of esters is 2. The van der Waals surface area contributed by atoms with Crippen LogP contribution in [0.15, 0.2) is 36.4 Å². The molecule has 0 fully saturated rings. The summed E-state index contributed by atoms with van der Waals surface area (Å²) in [7, 11) is 0. The summed E-state index contributed by atoms with van der Waals surface area (Å²) < 4.78 is 9.73. The first-order chi connectivity index (χ1) is 8.40. The third-order valence-electron chi connectivity index (χ3n) is 2.00. The van der Waals surface area contributed by atoms with Gasteiger partial charge in [-0.1, -0.05) is 12.6 Å². The van der Waals surface area contributed by atoms with Crippen LogP contribution < -0.4 is 4.74 Å². The van der Waals surface area contributed by atoms with E-state index in [1.165, 1.54) is 38.1 Å². The Hall–Kier alpha value is -2.30. The quantitative estimate of drug-likeness (QED) is 0.501. The molecule has 1 rings (SSSR count). The molecule has 0 aliphatic carbocycles. The summed E-state index contributed by atoms with van der Waals surface area (Å²) in [4.78, 5) is 22.8. The Morgan fingerprint density at radius 3 is 2.61 bits per heavy atom. The van der Waals surface area contributed by atoms with Gasteiger partial charge in [-0.2, -0.15) is 0 Å². The van der Waals surface area contributed by atoms with Crippen LogP contribution in [0.4, 0.5) is 0 Å². The first-order valence-electron chi connectivity index (χ1n) is 5.27. The highest BCUT2D eigenvalue weighted by Crippen LogP contribution is 2.18. The molecule has 5 nitrogen and oxygen atoms in total. The van der Waals surface area contributed by atoms with Crippen LogP contribution in [0.3, 0.4) is 0 Å². The van der Waals surface area contributed by atoms with Gasteiger partial charge < -0.3 is 14.6 Å². The molecule has 1 aromatic rings. The topological polar surface area (TPSA) is 72.8 Å². The molecule has 0 aliphatic heterocycles. The molecule has 0 aromatic heterocycles. The molecule has 1 aromatic carbocycles. The predicted molar refractivity (Wildman–Crippen MR) is 64.1 cm³/mol. The second-order valence-electron chi connectivity index (χ2n) is 3.75. The van der Waals surface area contributed by atoms with E-state index in [1.54, 1.807) is 0 Å². The van der Waals surface area contributed by atoms with E-state index in [0.29, 0.717) is 0 Å². The van der Waals surface area contributed by atoms with Gasteiger partial charge in [-0.3, -0.25) is 0 Å². The number of carbonyl (C=O) groups excluding carboxylic acids is 2. The lowest BCUT2D eigenvalue weighted by Crippen LogP contribution is -2.28. The van der Waals surface area contributed by atoms with Crippen molar-refractivity contribution in [3.63, 3.8) is 0 Å². The lowest BCUT2D eigenvalue weighted by atomic mass is 10.3. The smallest absolute Gasteiger partial charge is 0.352 e. The van der Waals surface area contributed by atoms with Gasteiger partial charge in [0.05, 0.1) is 0 Å². The Balaban J connectivity index is 2.60. The first-order valence-corrected chi connectivity index (χ1v) is 5.27. The molecule has 0 spiro atoms. The minimum Gasteiger partial charge on any atom is -0.508 e. The van der Waals surface area contributed by atoms with E-state index >= 15 is 0 Å². The van der Waals surface area contributed by atoms with Gasteiger partial charge >= 0.3 is 11.9 Å². The van der Waals surface area contributed by atoms with Crippen molar-refractivity contribution in [1.29, 1.82) is 0 Å². The molecule has 96 valence electrons. The summed E-state index contributed by atoms with van der Waals surface area (Å²) >= 11 is 0. The minimum absolute atomic E-state index is 0.0214. The Bertz CT molecular complexity index is 478. The second-order valence-corrected chi connectivity index (χ2v) is 3.75. The number of ether oxygens (including phenoxy) is 2. The van der Waals surface area contributed by atoms with Crippen LogP contribution >= 0.6 is 0 Å². The fourth-order valence-electron chi connectivity index (χ4n) is 1.06. The van der Waals surface area contributed by atoms with Gasteiger partial charge in [-0.05, 0) is 26.0 Å². The SMILES string of the molecule is C=C(C)C(=O)OC(C)C(=O)Oc1cccc(O)c1. The van der Waals surface area contributed by atoms with Crippen molar-refractivity contribution in [3.8, 4) is 11.5 Å². The molecule has 0 saturated carbocycles. The number of rotatable bonds is 4. The van der Waals surface area contributed by atoms with Crippen LogP contribution in [0.25, 0.3) is 0 Å². The Labute approximate surface area is 105 Å². The molecule has 0 amide bonds. The number of phenols is 1. The van der Waals surface area contributed by atoms with Crippen LogP contribution in [0.2, 0.25) is 0 Å². The summed E-state index contributed by atoms with van der Waals surface area (Å²) in [5.41, 5.74) is 0.201. The highest BCUT2D eigenvalue weighted by molar-refractivity contribution is 5.89. The lowest BCUT2D eigenvalue weighted by Gasteiger charge is -2.12. The van der Waals surface area contributed by atoms with Gasteiger partial charge in [0.25, 0.3) is 0 Å². The number of hydrogen-bond acceptors (Lipinski definition) is 5. The lowest BCUT2D eigenvalue weighted by molar-refractivity contribution is -0.158.